The number of fused-ring (bicyclic) bond motifs is 1. The first-order valence-electron chi connectivity index (χ1n) is 8.87. The molecular weight excluding hydrogens is 366 g/mol. The third-order valence-corrected chi connectivity index (χ3v) is 5.57. The molecule has 0 fully saturated rings. The molecule has 0 spiro atoms. The highest BCUT2D eigenvalue weighted by atomic mass is 32.1. The lowest BCUT2D eigenvalue weighted by Crippen LogP contribution is -2.09. The van der Waals surface area contributed by atoms with Gasteiger partial charge in [-0.05, 0) is 28.8 Å². The maximum Gasteiger partial charge on any atom is 0.260 e. The van der Waals surface area contributed by atoms with Crippen LogP contribution in [-0.2, 0) is 0 Å². The second-order valence-corrected chi connectivity index (χ2v) is 7.28. The summed E-state index contributed by atoms with van der Waals surface area (Å²) in [4.78, 5) is 25.1. The Kier molecular flexibility index (Phi) is 4.07. The summed E-state index contributed by atoms with van der Waals surface area (Å²) in [6.45, 7) is 0. The van der Waals surface area contributed by atoms with E-state index < -0.39 is 0 Å². The van der Waals surface area contributed by atoms with E-state index >= 15 is 0 Å². The van der Waals surface area contributed by atoms with Crippen molar-refractivity contribution in [2.75, 3.05) is 0 Å². The van der Waals surface area contributed by atoms with Crippen LogP contribution in [0.3, 0.4) is 0 Å². The van der Waals surface area contributed by atoms with Crippen molar-refractivity contribution in [2.45, 2.75) is 0 Å². The van der Waals surface area contributed by atoms with E-state index in [1.165, 1.54) is 16.9 Å². The molecule has 1 N–H and O–H groups in total. The van der Waals surface area contributed by atoms with Crippen molar-refractivity contribution in [3.63, 3.8) is 0 Å². The average Bonchev–Trinajstić information content (AvgIpc) is 3.20. The number of nitrogens with one attached hydrogen (secondary N) is 1. The molecule has 28 heavy (non-hydrogen) atoms. The Labute approximate surface area is 165 Å². The topological polar surface area (TPSA) is 58.6 Å². The summed E-state index contributed by atoms with van der Waals surface area (Å²) in [5.74, 6) is 0.563. The number of aromatic amines is 1. The molecule has 0 saturated heterocycles. The molecule has 4 nitrogen and oxygen atoms in total. The number of thiophene rings is 1. The average molecular weight is 381 g/mol. The van der Waals surface area contributed by atoms with E-state index in [1.807, 2.05) is 35.7 Å². The lowest BCUT2D eigenvalue weighted by molar-refractivity contribution is 1.18. The molecule has 0 aliphatic carbocycles. The maximum atomic E-state index is 12.8. The van der Waals surface area contributed by atoms with Gasteiger partial charge in [0, 0.05) is 28.9 Å². The second kappa shape index (κ2) is 6.87. The molecule has 2 aromatic carbocycles. The molecule has 0 radical (unpaired) electrons. The number of pyridine rings is 1. The third kappa shape index (κ3) is 2.92. The molecule has 3 heterocycles. The monoisotopic (exact) mass is 381 g/mol. The summed E-state index contributed by atoms with van der Waals surface area (Å²) in [7, 11) is 0. The summed E-state index contributed by atoms with van der Waals surface area (Å²) < 4.78 is 0. The number of aromatic nitrogens is 3. The first-order chi connectivity index (χ1) is 13.8. The summed E-state index contributed by atoms with van der Waals surface area (Å²) in [6, 6.07) is 22.2. The minimum absolute atomic E-state index is 0.125. The van der Waals surface area contributed by atoms with E-state index in [1.54, 1.807) is 12.4 Å². The van der Waals surface area contributed by atoms with E-state index in [9.17, 15) is 4.79 Å². The lowest BCUT2D eigenvalue weighted by atomic mass is 10.0. The van der Waals surface area contributed by atoms with Crippen molar-refractivity contribution < 1.29 is 0 Å². The molecule has 0 bridgehead atoms. The molecule has 0 amide bonds. The zero-order valence-corrected chi connectivity index (χ0v) is 15.6. The normalized spacial score (nSPS) is 11.0. The predicted octanol–water partition coefficient (Wildman–Crippen LogP) is 5.38. The Balaban J connectivity index is 1.58. The van der Waals surface area contributed by atoms with Crippen molar-refractivity contribution in [1.29, 1.82) is 0 Å². The number of H-pyrrole nitrogens is 1. The van der Waals surface area contributed by atoms with Crippen LogP contribution in [0.5, 0.6) is 0 Å². The van der Waals surface area contributed by atoms with Crippen LogP contribution in [0.1, 0.15) is 0 Å². The minimum Gasteiger partial charge on any atom is -0.306 e. The predicted molar refractivity (Wildman–Crippen MR) is 114 cm³/mol. The van der Waals surface area contributed by atoms with Gasteiger partial charge in [0.25, 0.3) is 5.56 Å². The zero-order valence-electron chi connectivity index (χ0n) is 14.8. The molecule has 0 unspecified atom stereocenters. The summed E-state index contributed by atoms with van der Waals surface area (Å²) in [6.07, 6.45) is 3.38. The fourth-order valence-electron chi connectivity index (χ4n) is 3.28. The van der Waals surface area contributed by atoms with E-state index in [0.29, 0.717) is 11.2 Å². The molecule has 134 valence electrons. The quantitative estimate of drug-likeness (QED) is 0.456. The molecule has 0 atom stereocenters. The molecule has 0 saturated carbocycles. The third-order valence-electron chi connectivity index (χ3n) is 4.70. The molecule has 3 aromatic heterocycles. The van der Waals surface area contributed by atoms with Crippen LogP contribution >= 0.6 is 11.3 Å². The Morgan fingerprint density at radius 1 is 0.750 bits per heavy atom. The number of hydrogen-bond acceptors (Lipinski definition) is 4. The Hall–Kier alpha value is -3.57. The SMILES string of the molecule is O=c1[nH]c(-c2ccncc2)nc2scc(-c3ccc(-c4ccccc4)cc3)c12. The number of nitrogens with zero attached hydrogens (tertiary/aromatic N) is 2. The van der Waals surface area contributed by atoms with Crippen LogP contribution in [0.4, 0.5) is 0 Å². The molecular formula is C23H15N3OS. The number of rotatable bonds is 3. The van der Waals surface area contributed by atoms with Crippen molar-refractivity contribution in [3.8, 4) is 33.6 Å². The Morgan fingerprint density at radius 3 is 2.18 bits per heavy atom. The standard InChI is InChI=1S/C23H15N3OS/c27-22-20-19(17-8-6-16(7-9-17)15-4-2-1-3-5-15)14-28-23(20)26-21(25-22)18-10-12-24-13-11-18/h1-14H,(H,25,26,27). The van der Waals surface area contributed by atoms with Crippen LogP contribution in [0.15, 0.2) is 89.3 Å². The Morgan fingerprint density at radius 2 is 1.43 bits per heavy atom. The minimum atomic E-state index is -0.125. The van der Waals surface area contributed by atoms with Gasteiger partial charge in [-0.25, -0.2) is 4.98 Å². The van der Waals surface area contributed by atoms with Crippen molar-refractivity contribution >= 4 is 21.6 Å². The van der Waals surface area contributed by atoms with Gasteiger partial charge < -0.3 is 4.98 Å². The van der Waals surface area contributed by atoms with Gasteiger partial charge in [0.2, 0.25) is 0 Å². The van der Waals surface area contributed by atoms with Gasteiger partial charge in [0.1, 0.15) is 10.7 Å². The van der Waals surface area contributed by atoms with Gasteiger partial charge in [-0.2, -0.15) is 0 Å². The smallest absolute Gasteiger partial charge is 0.260 e. The van der Waals surface area contributed by atoms with Crippen LogP contribution < -0.4 is 5.56 Å². The maximum absolute atomic E-state index is 12.8. The van der Waals surface area contributed by atoms with Crippen molar-refractivity contribution in [3.05, 3.63) is 94.9 Å². The van der Waals surface area contributed by atoms with Gasteiger partial charge >= 0.3 is 0 Å². The first-order valence-corrected chi connectivity index (χ1v) is 9.75. The van der Waals surface area contributed by atoms with E-state index in [-0.39, 0.29) is 5.56 Å². The largest absolute Gasteiger partial charge is 0.306 e. The van der Waals surface area contributed by atoms with Gasteiger partial charge in [-0.3, -0.25) is 9.78 Å². The molecule has 0 aliphatic heterocycles. The lowest BCUT2D eigenvalue weighted by Gasteiger charge is -2.05. The summed E-state index contributed by atoms with van der Waals surface area (Å²) >= 11 is 1.49. The molecule has 5 aromatic rings. The fraction of sp³-hybridized carbons (Fsp3) is 0. The van der Waals surface area contributed by atoms with Gasteiger partial charge in [-0.15, -0.1) is 11.3 Å². The second-order valence-electron chi connectivity index (χ2n) is 6.42. The Bertz CT molecular complexity index is 1310. The zero-order chi connectivity index (χ0) is 18.9. The van der Waals surface area contributed by atoms with E-state index in [4.69, 9.17) is 0 Å². The van der Waals surface area contributed by atoms with Crippen LogP contribution in [0, 0.1) is 0 Å². The first kappa shape index (κ1) is 16.6. The number of benzene rings is 2. The summed E-state index contributed by atoms with van der Waals surface area (Å²) in [5.41, 5.74) is 4.96. The van der Waals surface area contributed by atoms with Crippen LogP contribution in [-0.4, -0.2) is 15.0 Å². The molecule has 5 rings (SSSR count). The summed E-state index contributed by atoms with van der Waals surface area (Å²) in [5, 5.41) is 2.64. The highest BCUT2D eigenvalue weighted by molar-refractivity contribution is 7.17. The molecule has 5 heteroatoms. The van der Waals surface area contributed by atoms with Crippen molar-refractivity contribution in [2.24, 2.45) is 0 Å². The highest BCUT2D eigenvalue weighted by Gasteiger charge is 2.14. The highest BCUT2D eigenvalue weighted by Crippen LogP contribution is 2.32. The van der Waals surface area contributed by atoms with Crippen LogP contribution in [0.2, 0.25) is 0 Å². The van der Waals surface area contributed by atoms with Crippen LogP contribution in [0.25, 0.3) is 43.9 Å². The van der Waals surface area contributed by atoms with Gasteiger partial charge in [0.15, 0.2) is 0 Å². The van der Waals surface area contributed by atoms with Crippen molar-refractivity contribution in [1.82, 2.24) is 15.0 Å². The van der Waals surface area contributed by atoms with E-state index in [0.717, 1.165) is 27.1 Å². The van der Waals surface area contributed by atoms with Gasteiger partial charge in [0.05, 0.1) is 5.39 Å². The molecule has 0 aliphatic rings. The van der Waals surface area contributed by atoms with E-state index in [2.05, 4.69) is 51.4 Å². The fourth-order valence-corrected chi connectivity index (χ4v) is 4.23. The van der Waals surface area contributed by atoms with Gasteiger partial charge in [-0.1, -0.05) is 54.6 Å². The number of hydrogen-bond donors (Lipinski definition) is 1.